The molecule has 5 nitrogen and oxygen atoms in total. The van der Waals surface area contributed by atoms with Gasteiger partial charge in [0.2, 0.25) is 0 Å². The third-order valence-corrected chi connectivity index (χ3v) is 4.90. The summed E-state index contributed by atoms with van der Waals surface area (Å²) in [5.41, 5.74) is 3.06. The molecular formula is C21H23NO4. The average Bonchev–Trinajstić information content (AvgIpc) is 3.07. The van der Waals surface area contributed by atoms with Gasteiger partial charge in [-0.1, -0.05) is 48.0 Å². The predicted molar refractivity (Wildman–Crippen MR) is 98.3 cm³/mol. The summed E-state index contributed by atoms with van der Waals surface area (Å²) in [6, 6.07) is 15.3. The van der Waals surface area contributed by atoms with Gasteiger partial charge in [-0.3, -0.25) is 9.59 Å². The van der Waals surface area contributed by atoms with Crippen LogP contribution in [0.15, 0.2) is 48.5 Å². The fourth-order valence-corrected chi connectivity index (χ4v) is 3.49. The Hall–Kier alpha value is -2.82. The average molecular weight is 353 g/mol. The predicted octanol–water partition coefficient (Wildman–Crippen LogP) is 3.01. The van der Waals surface area contributed by atoms with E-state index in [4.69, 9.17) is 4.74 Å². The molecule has 5 heteroatoms. The molecule has 26 heavy (non-hydrogen) atoms. The van der Waals surface area contributed by atoms with Crippen LogP contribution in [-0.2, 0) is 9.59 Å². The van der Waals surface area contributed by atoms with Crippen LogP contribution in [0.25, 0.3) is 0 Å². The number of hydrogen-bond acceptors (Lipinski definition) is 3. The summed E-state index contributed by atoms with van der Waals surface area (Å²) in [5.74, 6) is -1.17. The summed E-state index contributed by atoms with van der Waals surface area (Å²) < 4.78 is 5.66. The van der Waals surface area contributed by atoms with Crippen molar-refractivity contribution in [3.05, 3.63) is 65.2 Å². The molecule has 1 aliphatic rings. The van der Waals surface area contributed by atoms with Gasteiger partial charge < -0.3 is 14.7 Å². The van der Waals surface area contributed by atoms with Gasteiger partial charge in [-0.15, -0.1) is 0 Å². The SMILES string of the molecule is Cc1ccc(OCC(=O)N2CC(C(=O)O)C(c3ccccc3)C2)c(C)c1. The Balaban J connectivity index is 1.67. The molecule has 2 atom stereocenters. The minimum absolute atomic E-state index is 0.0856. The fourth-order valence-electron chi connectivity index (χ4n) is 3.49. The highest BCUT2D eigenvalue weighted by molar-refractivity contribution is 5.80. The van der Waals surface area contributed by atoms with E-state index in [1.807, 2.05) is 62.4 Å². The van der Waals surface area contributed by atoms with Crippen LogP contribution in [0.3, 0.4) is 0 Å². The summed E-state index contributed by atoms with van der Waals surface area (Å²) in [5, 5.41) is 9.55. The third kappa shape index (κ3) is 3.87. The molecule has 1 amide bonds. The Kier molecular flexibility index (Phi) is 5.26. The van der Waals surface area contributed by atoms with E-state index >= 15 is 0 Å². The van der Waals surface area contributed by atoms with Crippen LogP contribution < -0.4 is 4.74 Å². The summed E-state index contributed by atoms with van der Waals surface area (Å²) in [6.45, 7) is 4.47. The lowest BCUT2D eigenvalue weighted by Crippen LogP contribution is -2.34. The summed E-state index contributed by atoms with van der Waals surface area (Å²) in [4.78, 5) is 25.8. The first-order valence-electron chi connectivity index (χ1n) is 8.71. The van der Waals surface area contributed by atoms with Crippen molar-refractivity contribution in [3.8, 4) is 5.75 Å². The number of aryl methyl sites for hydroxylation is 2. The molecule has 1 aliphatic heterocycles. The largest absolute Gasteiger partial charge is 0.484 e. The molecule has 0 aromatic heterocycles. The quantitative estimate of drug-likeness (QED) is 0.897. The number of carboxylic acid groups (broad SMARTS) is 1. The van der Waals surface area contributed by atoms with Gasteiger partial charge in [-0.25, -0.2) is 0 Å². The lowest BCUT2D eigenvalue weighted by molar-refractivity contribution is -0.142. The number of amides is 1. The number of carbonyl (C=O) groups excluding carboxylic acids is 1. The Morgan fingerprint density at radius 3 is 2.50 bits per heavy atom. The molecule has 1 fully saturated rings. The zero-order valence-electron chi connectivity index (χ0n) is 15.0. The van der Waals surface area contributed by atoms with E-state index in [1.165, 1.54) is 0 Å². The second-order valence-electron chi connectivity index (χ2n) is 6.82. The molecule has 0 radical (unpaired) electrons. The zero-order chi connectivity index (χ0) is 18.7. The lowest BCUT2D eigenvalue weighted by Gasteiger charge is -2.17. The van der Waals surface area contributed by atoms with Crippen molar-refractivity contribution in [2.45, 2.75) is 19.8 Å². The number of carbonyl (C=O) groups is 2. The molecule has 1 saturated heterocycles. The van der Waals surface area contributed by atoms with Crippen molar-refractivity contribution in [3.63, 3.8) is 0 Å². The van der Waals surface area contributed by atoms with E-state index in [1.54, 1.807) is 4.90 Å². The van der Waals surface area contributed by atoms with E-state index < -0.39 is 11.9 Å². The maximum atomic E-state index is 12.5. The number of rotatable bonds is 5. The van der Waals surface area contributed by atoms with E-state index in [-0.39, 0.29) is 25.0 Å². The molecule has 2 unspecified atom stereocenters. The summed E-state index contributed by atoms with van der Waals surface area (Å²) in [7, 11) is 0. The second-order valence-corrected chi connectivity index (χ2v) is 6.82. The molecule has 2 aromatic carbocycles. The van der Waals surface area contributed by atoms with E-state index in [9.17, 15) is 14.7 Å². The monoisotopic (exact) mass is 353 g/mol. The van der Waals surface area contributed by atoms with Crippen molar-refractivity contribution < 1.29 is 19.4 Å². The van der Waals surface area contributed by atoms with Crippen LogP contribution in [0.2, 0.25) is 0 Å². The minimum Gasteiger partial charge on any atom is -0.484 e. The molecule has 1 N–H and O–H groups in total. The Morgan fingerprint density at radius 1 is 1.12 bits per heavy atom. The van der Waals surface area contributed by atoms with Crippen molar-refractivity contribution in [1.82, 2.24) is 4.90 Å². The molecule has 2 aromatic rings. The van der Waals surface area contributed by atoms with E-state index in [0.29, 0.717) is 12.3 Å². The fraction of sp³-hybridized carbons (Fsp3) is 0.333. The van der Waals surface area contributed by atoms with Gasteiger partial charge in [-0.2, -0.15) is 0 Å². The highest BCUT2D eigenvalue weighted by Gasteiger charge is 2.40. The zero-order valence-corrected chi connectivity index (χ0v) is 15.0. The first-order chi connectivity index (χ1) is 12.5. The van der Waals surface area contributed by atoms with Gasteiger partial charge in [0.25, 0.3) is 5.91 Å². The maximum Gasteiger partial charge on any atom is 0.308 e. The summed E-state index contributed by atoms with van der Waals surface area (Å²) >= 11 is 0. The van der Waals surface area contributed by atoms with Crippen LogP contribution in [0, 0.1) is 19.8 Å². The molecule has 0 aliphatic carbocycles. The van der Waals surface area contributed by atoms with E-state index in [0.717, 1.165) is 16.7 Å². The normalized spacial score (nSPS) is 19.4. The lowest BCUT2D eigenvalue weighted by atomic mass is 9.89. The van der Waals surface area contributed by atoms with Crippen molar-refractivity contribution >= 4 is 11.9 Å². The molecule has 0 spiro atoms. The van der Waals surface area contributed by atoms with Crippen LogP contribution in [-0.4, -0.2) is 41.6 Å². The van der Waals surface area contributed by atoms with Gasteiger partial charge >= 0.3 is 5.97 Å². The first-order valence-corrected chi connectivity index (χ1v) is 8.71. The first kappa shape index (κ1) is 18.0. The van der Waals surface area contributed by atoms with Gasteiger partial charge in [0, 0.05) is 19.0 Å². The van der Waals surface area contributed by atoms with Crippen molar-refractivity contribution in [1.29, 1.82) is 0 Å². The van der Waals surface area contributed by atoms with E-state index in [2.05, 4.69) is 0 Å². The molecule has 1 heterocycles. The van der Waals surface area contributed by atoms with Crippen LogP contribution in [0.4, 0.5) is 0 Å². The number of likely N-dealkylation sites (tertiary alicyclic amines) is 1. The number of benzene rings is 2. The number of ether oxygens (including phenoxy) is 1. The molecule has 3 rings (SSSR count). The number of nitrogens with zero attached hydrogens (tertiary/aromatic N) is 1. The van der Waals surface area contributed by atoms with Gasteiger partial charge in [0.05, 0.1) is 5.92 Å². The van der Waals surface area contributed by atoms with Crippen molar-refractivity contribution in [2.75, 3.05) is 19.7 Å². The highest BCUT2D eigenvalue weighted by Crippen LogP contribution is 2.33. The minimum atomic E-state index is -0.871. The number of hydrogen-bond donors (Lipinski definition) is 1. The maximum absolute atomic E-state index is 12.5. The standard InChI is InChI=1S/C21H23NO4/c1-14-8-9-19(15(2)10-14)26-13-20(23)22-11-17(18(12-22)21(24)25)16-6-4-3-5-7-16/h3-10,17-18H,11-13H2,1-2H3,(H,24,25). The Bertz CT molecular complexity index is 803. The molecule has 136 valence electrons. The Morgan fingerprint density at radius 2 is 1.85 bits per heavy atom. The number of aliphatic carboxylic acids is 1. The topological polar surface area (TPSA) is 66.8 Å². The van der Waals surface area contributed by atoms with Crippen LogP contribution >= 0.6 is 0 Å². The summed E-state index contributed by atoms with van der Waals surface area (Å²) in [6.07, 6.45) is 0. The molecule has 0 saturated carbocycles. The van der Waals surface area contributed by atoms with Crippen molar-refractivity contribution in [2.24, 2.45) is 5.92 Å². The molecular weight excluding hydrogens is 330 g/mol. The van der Waals surface area contributed by atoms with Crippen LogP contribution in [0.1, 0.15) is 22.6 Å². The molecule has 0 bridgehead atoms. The van der Waals surface area contributed by atoms with Gasteiger partial charge in [0.1, 0.15) is 5.75 Å². The smallest absolute Gasteiger partial charge is 0.308 e. The second kappa shape index (κ2) is 7.60. The van der Waals surface area contributed by atoms with Gasteiger partial charge in [0.15, 0.2) is 6.61 Å². The number of carboxylic acids is 1. The Labute approximate surface area is 153 Å². The highest BCUT2D eigenvalue weighted by atomic mass is 16.5. The van der Waals surface area contributed by atoms with Gasteiger partial charge in [-0.05, 0) is 31.0 Å². The third-order valence-electron chi connectivity index (χ3n) is 4.90. The van der Waals surface area contributed by atoms with Crippen LogP contribution in [0.5, 0.6) is 5.75 Å².